The minimum absolute atomic E-state index is 0.00420. The molecule has 0 aromatic heterocycles. The van der Waals surface area contributed by atoms with E-state index in [9.17, 15) is 24.0 Å². The average molecular weight is 938 g/mol. The van der Waals surface area contributed by atoms with Crippen LogP contribution < -0.4 is 5.32 Å². The predicted octanol–water partition coefficient (Wildman–Crippen LogP) is 5.14. The van der Waals surface area contributed by atoms with E-state index in [1.807, 2.05) is 36.8 Å². The van der Waals surface area contributed by atoms with Gasteiger partial charge in [0.05, 0.1) is 101 Å². The molecule has 0 radical (unpaired) electrons. The molecule has 374 valence electrons. The van der Waals surface area contributed by atoms with Crippen molar-refractivity contribution in [1.29, 1.82) is 0 Å². The number of hydrogen-bond donors (Lipinski definition) is 1. The summed E-state index contributed by atoms with van der Waals surface area (Å²) in [5, 5.41) is 3.66. The van der Waals surface area contributed by atoms with Gasteiger partial charge in [0, 0.05) is 34.4 Å². The van der Waals surface area contributed by atoms with Crippen molar-refractivity contribution < 1.29 is 52.5 Å². The molecule has 1 saturated heterocycles. The van der Waals surface area contributed by atoms with E-state index in [-0.39, 0.29) is 73.8 Å². The molecule has 2 aromatic carbocycles. The summed E-state index contributed by atoms with van der Waals surface area (Å²) in [5.41, 5.74) is 1.93. The van der Waals surface area contributed by atoms with Gasteiger partial charge in [0.25, 0.3) is 11.8 Å². The van der Waals surface area contributed by atoms with Gasteiger partial charge in [-0.05, 0) is 67.7 Å². The summed E-state index contributed by atoms with van der Waals surface area (Å²) >= 11 is 0. The van der Waals surface area contributed by atoms with E-state index in [1.165, 1.54) is 5.56 Å². The van der Waals surface area contributed by atoms with Crippen LogP contribution >= 0.6 is 0 Å². The Bertz CT molecular complexity index is 1820. The summed E-state index contributed by atoms with van der Waals surface area (Å²) in [6, 6.07) is 16.1. The highest BCUT2D eigenvalue weighted by molar-refractivity contribution is 6.20. The van der Waals surface area contributed by atoms with Gasteiger partial charge in [0.15, 0.2) is 0 Å². The number of rotatable bonds is 31. The molecular weight excluding hydrogens is 859 g/mol. The van der Waals surface area contributed by atoms with Crippen LogP contribution in [0.3, 0.4) is 0 Å². The molecule has 0 bridgehead atoms. The molecule has 5 amide bonds. The molecule has 1 N–H and O–H groups in total. The van der Waals surface area contributed by atoms with E-state index in [0.717, 1.165) is 30.7 Å². The van der Waals surface area contributed by atoms with Crippen molar-refractivity contribution >= 4 is 29.5 Å². The zero-order valence-electron chi connectivity index (χ0n) is 41.8. The van der Waals surface area contributed by atoms with Crippen LogP contribution in [0.2, 0.25) is 0 Å². The van der Waals surface area contributed by atoms with E-state index >= 15 is 0 Å². The Labute approximate surface area is 399 Å². The molecule has 0 spiro atoms. The molecule has 0 saturated carbocycles. The van der Waals surface area contributed by atoms with Crippen LogP contribution in [0, 0.1) is 23.7 Å². The van der Waals surface area contributed by atoms with Gasteiger partial charge in [0.1, 0.15) is 0 Å². The van der Waals surface area contributed by atoms with E-state index < -0.39 is 30.0 Å². The normalized spacial score (nSPS) is 18.2. The zero-order valence-corrected chi connectivity index (χ0v) is 41.8. The van der Waals surface area contributed by atoms with Gasteiger partial charge in [-0.1, -0.05) is 90.4 Å². The van der Waals surface area contributed by atoms with Gasteiger partial charge in [-0.2, -0.15) is 0 Å². The van der Waals surface area contributed by atoms with Crippen LogP contribution in [0.15, 0.2) is 54.6 Å². The van der Waals surface area contributed by atoms with Crippen LogP contribution in [0.25, 0.3) is 0 Å². The second-order valence-corrected chi connectivity index (χ2v) is 18.4. The minimum Gasteiger partial charge on any atom is -0.379 e. The van der Waals surface area contributed by atoms with Gasteiger partial charge < -0.3 is 38.8 Å². The van der Waals surface area contributed by atoms with E-state index in [1.54, 1.807) is 50.4 Å². The van der Waals surface area contributed by atoms with E-state index in [4.69, 9.17) is 28.5 Å². The summed E-state index contributed by atoms with van der Waals surface area (Å²) in [6.45, 7) is 15.4. The Morgan fingerprint density at radius 1 is 0.776 bits per heavy atom. The van der Waals surface area contributed by atoms with Crippen molar-refractivity contribution in [2.45, 2.75) is 104 Å². The Morgan fingerprint density at radius 2 is 1.36 bits per heavy atom. The highest BCUT2D eigenvalue weighted by atomic mass is 16.7. The van der Waals surface area contributed by atoms with Crippen molar-refractivity contribution in [2.24, 2.45) is 23.7 Å². The lowest BCUT2D eigenvalue weighted by Gasteiger charge is -2.40. The quantitative estimate of drug-likeness (QED) is 0.0784. The minimum atomic E-state index is -0.551. The van der Waals surface area contributed by atoms with Crippen molar-refractivity contribution in [3.63, 3.8) is 0 Å². The maximum atomic E-state index is 14.2. The number of likely N-dealkylation sites (N-methyl/N-ethyl adjacent to an activating group) is 2. The first-order chi connectivity index (χ1) is 32.2. The number of hydroxylamine groups is 2. The highest BCUT2D eigenvalue weighted by Gasteiger charge is 2.42. The largest absolute Gasteiger partial charge is 0.379 e. The lowest BCUT2D eigenvalue weighted by Crippen LogP contribution is -2.55. The number of nitrogens with zero attached hydrogens (tertiary/aromatic N) is 4. The fraction of sp³-hybridized carbons (Fsp3) is 0.667. The number of carbonyl (C=O) groups is 5. The Hall–Kier alpha value is -4.29. The maximum Gasteiger partial charge on any atom is 0.285 e. The Balaban J connectivity index is 1.17. The molecule has 2 heterocycles. The number of amides is 5. The molecule has 2 aromatic rings. The van der Waals surface area contributed by atoms with Gasteiger partial charge >= 0.3 is 0 Å². The van der Waals surface area contributed by atoms with Crippen LogP contribution in [0.4, 0.5) is 0 Å². The number of nitrogens with one attached hydrogen (secondary N) is 1. The van der Waals surface area contributed by atoms with E-state index in [2.05, 4.69) is 57.3 Å². The molecule has 1 fully saturated rings. The van der Waals surface area contributed by atoms with Gasteiger partial charge in [-0.3, -0.25) is 33.7 Å². The molecule has 2 aliphatic heterocycles. The number of fused-ring (bicyclic) bond motifs is 1. The van der Waals surface area contributed by atoms with Crippen LogP contribution in [0.1, 0.15) is 93.5 Å². The van der Waals surface area contributed by atoms with Gasteiger partial charge in [-0.15, -0.1) is 5.06 Å². The summed E-state index contributed by atoms with van der Waals surface area (Å²) in [6.07, 6.45) is 2.93. The second kappa shape index (κ2) is 28.3. The standard InChI is InChI=1S/C51H79N5O11/c1-11-36(4)47(43(62-9)33-44(57)55-23-17-22-42(55)48(63-10)38(6)37(5)32-39-18-13-12-14-19-39)54(8)45(58)34-52-49(59)46(35(2)3)53(7)24-25-64-26-27-65-28-29-66-30-31-67-56-50(60)40-20-15-16-21-41(40)51(56)61/h12-16,18-21,35-38,42-43,46-48H,11,17,22-34H2,1-10H3,(H,52,59). The molecule has 8 unspecified atom stereocenters. The molecule has 16 nitrogen and oxygen atoms in total. The molecule has 67 heavy (non-hydrogen) atoms. The van der Waals surface area contributed by atoms with Gasteiger partial charge in [-0.25, -0.2) is 0 Å². The summed E-state index contributed by atoms with van der Waals surface area (Å²) in [5.74, 6) is -0.957. The molecule has 0 aliphatic carbocycles. The fourth-order valence-electron chi connectivity index (χ4n) is 9.46. The monoisotopic (exact) mass is 938 g/mol. The zero-order chi connectivity index (χ0) is 49.0. The third-order valence-electron chi connectivity index (χ3n) is 13.5. The first kappa shape index (κ1) is 55.3. The number of ether oxygens (including phenoxy) is 5. The first-order valence-corrected chi connectivity index (χ1v) is 24.1. The predicted molar refractivity (Wildman–Crippen MR) is 255 cm³/mol. The molecule has 4 rings (SSSR count). The van der Waals surface area contributed by atoms with E-state index in [0.29, 0.717) is 63.2 Å². The Morgan fingerprint density at radius 3 is 1.93 bits per heavy atom. The number of hydrogen-bond acceptors (Lipinski definition) is 12. The first-order valence-electron chi connectivity index (χ1n) is 24.1. The SMILES string of the molecule is CCC(C)C(C(CC(=O)N1CCCC1C(OC)C(C)C(C)Cc1ccccc1)OC)N(C)C(=O)CNC(=O)C(C(C)C)N(C)CCOCCOCCOCCON1C(=O)c2ccccc2C1=O. The van der Waals surface area contributed by atoms with Crippen molar-refractivity contribution in [2.75, 3.05) is 94.2 Å². The molecule has 8 atom stereocenters. The lowest BCUT2D eigenvalue weighted by atomic mass is 9.82. The number of methoxy groups -OCH3 is 2. The molecule has 2 aliphatic rings. The average Bonchev–Trinajstić information content (AvgIpc) is 3.90. The van der Waals surface area contributed by atoms with Crippen molar-refractivity contribution in [3.05, 3.63) is 71.3 Å². The second-order valence-electron chi connectivity index (χ2n) is 18.4. The third-order valence-corrected chi connectivity index (χ3v) is 13.5. The van der Waals surface area contributed by atoms with Crippen LogP contribution in [-0.4, -0.2) is 174 Å². The number of carbonyl (C=O) groups excluding carboxylic acids is 5. The molecule has 16 heteroatoms. The third kappa shape index (κ3) is 15.6. The molecular formula is C51H79N5O11. The number of likely N-dealkylation sites (tertiary alicyclic amines) is 1. The highest BCUT2D eigenvalue weighted by Crippen LogP contribution is 2.32. The topological polar surface area (TPSA) is 166 Å². The lowest BCUT2D eigenvalue weighted by molar-refractivity contribution is -0.144. The number of benzene rings is 2. The number of imide groups is 1. The Kier molecular flexibility index (Phi) is 23.3. The summed E-state index contributed by atoms with van der Waals surface area (Å²) in [4.78, 5) is 77.3. The smallest absolute Gasteiger partial charge is 0.285 e. The van der Waals surface area contributed by atoms with Crippen molar-refractivity contribution in [3.8, 4) is 0 Å². The van der Waals surface area contributed by atoms with Crippen LogP contribution in [-0.2, 0) is 49.3 Å². The maximum absolute atomic E-state index is 14.2. The summed E-state index contributed by atoms with van der Waals surface area (Å²) in [7, 11) is 6.94. The van der Waals surface area contributed by atoms with Crippen LogP contribution in [0.5, 0.6) is 0 Å². The van der Waals surface area contributed by atoms with Gasteiger partial charge in [0.2, 0.25) is 17.7 Å². The summed E-state index contributed by atoms with van der Waals surface area (Å²) < 4.78 is 29.1. The van der Waals surface area contributed by atoms with Crippen molar-refractivity contribution in [1.82, 2.24) is 25.1 Å². The fourth-order valence-corrected chi connectivity index (χ4v) is 9.46.